The van der Waals surface area contributed by atoms with Crippen LogP contribution in [0.5, 0.6) is 0 Å². The molecule has 90 valence electrons. The standard InChI is InChI=1S/C13H15FN2O/c1-13(8-17-9-13)7-16-6-11-4-10(5-15)2-3-12(11)14/h2-4,16H,6-9H2,1H3. The van der Waals surface area contributed by atoms with Crippen LogP contribution >= 0.6 is 0 Å². The number of ether oxygens (including phenoxy) is 1. The SMILES string of the molecule is CC1(CNCc2cc(C#N)ccc2F)COC1. The third kappa shape index (κ3) is 2.82. The summed E-state index contributed by atoms with van der Waals surface area (Å²) < 4.78 is 18.6. The molecule has 0 bridgehead atoms. The molecule has 1 aliphatic heterocycles. The van der Waals surface area contributed by atoms with E-state index < -0.39 is 0 Å². The summed E-state index contributed by atoms with van der Waals surface area (Å²) in [6.45, 7) is 4.87. The Hall–Kier alpha value is -1.44. The van der Waals surface area contributed by atoms with Gasteiger partial charge in [-0.3, -0.25) is 0 Å². The Morgan fingerprint density at radius 2 is 2.29 bits per heavy atom. The minimum absolute atomic E-state index is 0.170. The van der Waals surface area contributed by atoms with Crippen molar-refractivity contribution in [1.82, 2.24) is 5.32 Å². The molecule has 17 heavy (non-hydrogen) atoms. The first kappa shape index (κ1) is 12.0. The van der Waals surface area contributed by atoms with E-state index in [4.69, 9.17) is 10.00 Å². The van der Waals surface area contributed by atoms with E-state index in [1.165, 1.54) is 12.1 Å². The Balaban J connectivity index is 1.92. The van der Waals surface area contributed by atoms with E-state index in [1.54, 1.807) is 6.07 Å². The van der Waals surface area contributed by atoms with Crippen molar-refractivity contribution in [3.05, 3.63) is 35.1 Å². The van der Waals surface area contributed by atoms with Gasteiger partial charge in [-0.05, 0) is 18.2 Å². The van der Waals surface area contributed by atoms with E-state index in [1.807, 2.05) is 6.07 Å². The van der Waals surface area contributed by atoms with Crippen LogP contribution in [0.4, 0.5) is 4.39 Å². The molecule has 0 aromatic heterocycles. The van der Waals surface area contributed by atoms with E-state index in [-0.39, 0.29) is 11.2 Å². The van der Waals surface area contributed by atoms with Gasteiger partial charge in [-0.25, -0.2) is 4.39 Å². The highest BCUT2D eigenvalue weighted by Crippen LogP contribution is 2.25. The first-order chi connectivity index (χ1) is 8.13. The molecule has 0 radical (unpaired) electrons. The molecule has 2 rings (SSSR count). The van der Waals surface area contributed by atoms with Gasteiger partial charge in [0.1, 0.15) is 5.82 Å². The van der Waals surface area contributed by atoms with Crippen molar-refractivity contribution >= 4 is 0 Å². The molecule has 1 aliphatic rings. The second-order valence-corrected chi connectivity index (χ2v) is 4.83. The zero-order valence-corrected chi connectivity index (χ0v) is 9.79. The van der Waals surface area contributed by atoms with Gasteiger partial charge in [0.05, 0.1) is 24.8 Å². The molecule has 1 heterocycles. The molecule has 1 saturated heterocycles. The second kappa shape index (κ2) is 4.82. The Bertz CT molecular complexity index is 449. The van der Waals surface area contributed by atoms with Crippen molar-refractivity contribution < 1.29 is 9.13 Å². The quantitative estimate of drug-likeness (QED) is 0.864. The van der Waals surface area contributed by atoms with Crippen molar-refractivity contribution in [2.24, 2.45) is 5.41 Å². The molecule has 3 nitrogen and oxygen atoms in total. The van der Waals surface area contributed by atoms with E-state index in [9.17, 15) is 4.39 Å². The minimum Gasteiger partial charge on any atom is -0.380 e. The second-order valence-electron chi connectivity index (χ2n) is 4.83. The first-order valence-electron chi connectivity index (χ1n) is 5.60. The monoisotopic (exact) mass is 234 g/mol. The Morgan fingerprint density at radius 1 is 1.53 bits per heavy atom. The molecule has 1 N–H and O–H groups in total. The summed E-state index contributed by atoms with van der Waals surface area (Å²) in [7, 11) is 0. The number of nitriles is 1. The van der Waals surface area contributed by atoms with Gasteiger partial charge in [-0.1, -0.05) is 6.92 Å². The normalized spacial score (nSPS) is 17.2. The van der Waals surface area contributed by atoms with Crippen molar-refractivity contribution in [3.63, 3.8) is 0 Å². The van der Waals surface area contributed by atoms with E-state index in [0.717, 1.165) is 19.8 Å². The molecule has 0 amide bonds. The lowest BCUT2D eigenvalue weighted by atomic mass is 9.89. The van der Waals surface area contributed by atoms with Crippen LogP contribution in [0.3, 0.4) is 0 Å². The van der Waals surface area contributed by atoms with E-state index in [0.29, 0.717) is 17.7 Å². The molecule has 1 aromatic rings. The molecule has 1 aromatic carbocycles. The molecule has 0 saturated carbocycles. The van der Waals surface area contributed by atoms with Crippen molar-refractivity contribution in [1.29, 1.82) is 5.26 Å². The maximum Gasteiger partial charge on any atom is 0.127 e. The van der Waals surface area contributed by atoms with Gasteiger partial charge in [0.15, 0.2) is 0 Å². The number of rotatable bonds is 4. The zero-order chi connectivity index (χ0) is 12.3. The lowest BCUT2D eigenvalue weighted by molar-refractivity contribution is -0.0991. The maximum atomic E-state index is 13.4. The molecular weight excluding hydrogens is 219 g/mol. The number of nitrogens with zero attached hydrogens (tertiary/aromatic N) is 1. The Kier molecular flexibility index (Phi) is 3.41. The summed E-state index contributed by atoms with van der Waals surface area (Å²) >= 11 is 0. The third-order valence-electron chi connectivity index (χ3n) is 2.94. The van der Waals surface area contributed by atoms with Crippen molar-refractivity contribution in [2.75, 3.05) is 19.8 Å². The van der Waals surface area contributed by atoms with Gasteiger partial charge in [-0.2, -0.15) is 5.26 Å². The number of halogens is 1. The van der Waals surface area contributed by atoms with Crippen LogP contribution in [0, 0.1) is 22.6 Å². The average Bonchev–Trinajstić information content (AvgIpc) is 2.29. The number of nitrogens with one attached hydrogen (secondary N) is 1. The van der Waals surface area contributed by atoms with Gasteiger partial charge >= 0.3 is 0 Å². The highest BCUT2D eigenvalue weighted by molar-refractivity contribution is 5.33. The summed E-state index contributed by atoms with van der Waals surface area (Å²) in [6.07, 6.45) is 0. The van der Waals surface area contributed by atoms with Crippen molar-refractivity contribution in [2.45, 2.75) is 13.5 Å². The van der Waals surface area contributed by atoms with E-state index in [2.05, 4.69) is 12.2 Å². The largest absolute Gasteiger partial charge is 0.380 e. The Labute approximate surface area is 100 Å². The lowest BCUT2D eigenvalue weighted by Crippen LogP contribution is -2.47. The fourth-order valence-electron chi connectivity index (χ4n) is 1.83. The van der Waals surface area contributed by atoms with Crippen LogP contribution in [-0.2, 0) is 11.3 Å². The third-order valence-corrected chi connectivity index (χ3v) is 2.94. The summed E-state index contributed by atoms with van der Waals surface area (Å²) in [5.41, 5.74) is 1.19. The predicted octanol–water partition coefficient (Wildman–Crippen LogP) is 1.82. The molecule has 4 heteroatoms. The molecule has 0 atom stereocenters. The first-order valence-corrected chi connectivity index (χ1v) is 5.60. The van der Waals surface area contributed by atoms with Crippen LogP contribution in [-0.4, -0.2) is 19.8 Å². The van der Waals surface area contributed by atoms with Gasteiger partial charge in [-0.15, -0.1) is 0 Å². The zero-order valence-electron chi connectivity index (χ0n) is 9.79. The predicted molar refractivity (Wildman–Crippen MR) is 61.7 cm³/mol. The maximum absolute atomic E-state index is 13.4. The highest BCUT2D eigenvalue weighted by atomic mass is 19.1. The van der Waals surface area contributed by atoms with Gasteiger partial charge < -0.3 is 10.1 Å². The number of hydrogen-bond acceptors (Lipinski definition) is 3. The van der Waals surface area contributed by atoms with Gasteiger partial charge in [0, 0.05) is 24.1 Å². The molecular formula is C13H15FN2O. The van der Waals surface area contributed by atoms with Crippen LogP contribution in [0.25, 0.3) is 0 Å². The van der Waals surface area contributed by atoms with Crippen molar-refractivity contribution in [3.8, 4) is 6.07 Å². The van der Waals surface area contributed by atoms with E-state index >= 15 is 0 Å². The number of hydrogen-bond donors (Lipinski definition) is 1. The topological polar surface area (TPSA) is 45.0 Å². The van der Waals surface area contributed by atoms with Crippen LogP contribution in [0.2, 0.25) is 0 Å². The highest BCUT2D eigenvalue weighted by Gasteiger charge is 2.32. The molecule has 0 spiro atoms. The molecule has 0 aliphatic carbocycles. The summed E-state index contributed by atoms with van der Waals surface area (Å²) in [4.78, 5) is 0. The fraction of sp³-hybridized carbons (Fsp3) is 0.462. The van der Waals surface area contributed by atoms with Crippen LogP contribution in [0.15, 0.2) is 18.2 Å². The van der Waals surface area contributed by atoms with Crippen LogP contribution in [0.1, 0.15) is 18.1 Å². The summed E-state index contributed by atoms with van der Waals surface area (Å²) in [5, 5.41) is 12.0. The Morgan fingerprint density at radius 3 is 2.88 bits per heavy atom. The van der Waals surface area contributed by atoms with Crippen LogP contribution < -0.4 is 5.32 Å². The van der Waals surface area contributed by atoms with Gasteiger partial charge in [0.25, 0.3) is 0 Å². The molecule has 0 unspecified atom stereocenters. The smallest absolute Gasteiger partial charge is 0.127 e. The molecule has 1 fully saturated rings. The minimum atomic E-state index is -0.272. The summed E-state index contributed by atoms with van der Waals surface area (Å²) in [6, 6.07) is 6.42. The summed E-state index contributed by atoms with van der Waals surface area (Å²) in [5.74, 6) is -0.272. The number of benzene rings is 1. The average molecular weight is 234 g/mol. The lowest BCUT2D eigenvalue weighted by Gasteiger charge is -2.38. The fourth-order valence-corrected chi connectivity index (χ4v) is 1.83. The van der Waals surface area contributed by atoms with Gasteiger partial charge in [0.2, 0.25) is 0 Å².